The maximum Gasteiger partial charge on any atom is 0.0449 e. The third kappa shape index (κ3) is 8.23. The zero-order chi connectivity index (χ0) is 15.5. The summed E-state index contributed by atoms with van der Waals surface area (Å²) in [6, 6.07) is 6.77. The lowest BCUT2D eigenvalue weighted by Gasteiger charge is -2.19. The molecule has 0 aromatic heterocycles. The summed E-state index contributed by atoms with van der Waals surface area (Å²) >= 11 is 9.82. The lowest BCUT2D eigenvalue weighted by atomic mass is 9.99. The Morgan fingerprint density at radius 1 is 1.10 bits per heavy atom. The van der Waals surface area contributed by atoms with Gasteiger partial charge in [-0.15, -0.1) is 0 Å². The minimum atomic E-state index is 0.547. The summed E-state index contributed by atoms with van der Waals surface area (Å²) in [5.74, 6) is 0. The van der Waals surface area contributed by atoms with E-state index in [0.29, 0.717) is 6.04 Å². The van der Waals surface area contributed by atoms with Crippen molar-refractivity contribution >= 4 is 27.5 Å². The Balaban J connectivity index is 2.48. The molecule has 120 valence electrons. The first-order valence-corrected chi connectivity index (χ1v) is 9.51. The van der Waals surface area contributed by atoms with E-state index in [2.05, 4.69) is 47.2 Å². The highest BCUT2D eigenvalue weighted by atomic mass is 79.9. The molecule has 0 aliphatic heterocycles. The quantitative estimate of drug-likeness (QED) is 0.443. The van der Waals surface area contributed by atoms with Gasteiger partial charge in [-0.05, 0) is 43.5 Å². The zero-order valence-electron chi connectivity index (χ0n) is 13.4. The van der Waals surface area contributed by atoms with Crippen LogP contribution in [0.25, 0.3) is 0 Å². The molecule has 3 heteroatoms. The van der Waals surface area contributed by atoms with Crippen molar-refractivity contribution in [3.8, 4) is 0 Å². The summed E-state index contributed by atoms with van der Waals surface area (Å²) in [6.07, 6.45) is 10.2. The highest BCUT2D eigenvalue weighted by molar-refractivity contribution is 9.10. The van der Waals surface area contributed by atoms with Crippen LogP contribution in [0.4, 0.5) is 0 Å². The predicted octanol–water partition coefficient (Wildman–Crippen LogP) is 6.37. The summed E-state index contributed by atoms with van der Waals surface area (Å²) in [5.41, 5.74) is 1.25. The first-order valence-electron chi connectivity index (χ1n) is 8.34. The number of hydrogen-bond donors (Lipinski definition) is 1. The fraction of sp³-hybridized carbons (Fsp3) is 0.667. The molecule has 0 saturated carbocycles. The van der Waals surface area contributed by atoms with Gasteiger partial charge in [0, 0.05) is 15.5 Å². The predicted molar refractivity (Wildman–Crippen MR) is 98.3 cm³/mol. The van der Waals surface area contributed by atoms with E-state index in [1.165, 1.54) is 50.5 Å². The molecule has 0 fully saturated rings. The SMILES string of the molecule is CCCCCCCC(Cc1ccc(Br)cc1Cl)NCCC. The van der Waals surface area contributed by atoms with E-state index in [1.807, 2.05) is 6.07 Å². The van der Waals surface area contributed by atoms with Crippen LogP contribution in [-0.4, -0.2) is 12.6 Å². The molecule has 1 atom stereocenters. The Kier molecular flexibility index (Phi) is 10.4. The first kappa shape index (κ1) is 19.0. The molecule has 1 aromatic rings. The van der Waals surface area contributed by atoms with Gasteiger partial charge in [-0.2, -0.15) is 0 Å². The van der Waals surface area contributed by atoms with Gasteiger partial charge in [-0.3, -0.25) is 0 Å². The fourth-order valence-electron chi connectivity index (χ4n) is 2.57. The Hall–Kier alpha value is -0.0500. The highest BCUT2D eigenvalue weighted by Crippen LogP contribution is 2.23. The molecule has 0 aliphatic rings. The van der Waals surface area contributed by atoms with Gasteiger partial charge in [0.25, 0.3) is 0 Å². The number of nitrogens with one attached hydrogen (secondary N) is 1. The third-order valence-corrected chi connectivity index (χ3v) is 4.67. The van der Waals surface area contributed by atoms with E-state index in [9.17, 15) is 0 Å². The number of rotatable bonds is 11. The molecule has 0 bridgehead atoms. The number of hydrogen-bond acceptors (Lipinski definition) is 1. The molecule has 21 heavy (non-hydrogen) atoms. The summed E-state index contributed by atoms with van der Waals surface area (Å²) in [4.78, 5) is 0. The van der Waals surface area contributed by atoms with Crippen LogP contribution in [0, 0.1) is 0 Å². The van der Waals surface area contributed by atoms with E-state index < -0.39 is 0 Å². The molecular weight excluding hydrogens is 346 g/mol. The van der Waals surface area contributed by atoms with Crippen molar-refractivity contribution in [2.75, 3.05) is 6.54 Å². The maximum atomic E-state index is 6.35. The zero-order valence-corrected chi connectivity index (χ0v) is 15.8. The van der Waals surface area contributed by atoms with Crippen LogP contribution in [-0.2, 0) is 6.42 Å². The van der Waals surface area contributed by atoms with Crippen LogP contribution in [0.1, 0.15) is 64.4 Å². The largest absolute Gasteiger partial charge is 0.314 e. The standard InChI is InChI=1S/C18H29BrClN/c1-3-5-6-7-8-9-17(21-12-4-2)13-15-10-11-16(19)14-18(15)20/h10-11,14,17,21H,3-9,12-13H2,1-2H3. The molecular formula is C18H29BrClN. The Bertz CT molecular complexity index is 395. The van der Waals surface area contributed by atoms with Crippen LogP contribution in [0.5, 0.6) is 0 Å². The van der Waals surface area contributed by atoms with Gasteiger partial charge in [0.1, 0.15) is 0 Å². The molecule has 0 radical (unpaired) electrons. The number of halogens is 2. The normalized spacial score (nSPS) is 12.6. The van der Waals surface area contributed by atoms with Gasteiger partial charge < -0.3 is 5.32 Å². The molecule has 0 heterocycles. The molecule has 1 N–H and O–H groups in total. The molecule has 1 rings (SSSR count). The van der Waals surface area contributed by atoms with Crippen molar-refractivity contribution in [3.05, 3.63) is 33.3 Å². The highest BCUT2D eigenvalue weighted by Gasteiger charge is 2.11. The van der Waals surface area contributed by atoms with Crippen LogP contribution in [0.15, 0.2) is 22.7 Å². The van der Waals surface area contributed by atoms with Crippen molar-refractivity contribution in [2.24, 2.45) is 0 Å². The average Bonchev–Trinajstić information content (AvgIpc) is 2.46. The van der Waals surface area contributed by atoms with E-state index in [0.717, 1.165) is 22.5 Å². The van der Waals surface area contributed by atoms with E-state index in [-0.39, 0.29) is 0 Å². The summed E-state index contributed by atoms with van der Waals surface area (Å²) in [6.45, 7) is 5.58. The maximum absolute atomic E-state index is 6.35. The second-order valence-electron chi connectivity index (χ2n) is 5.79. The molecule has 0 amide bonds. The Morgan fingerprint density at radius 2 is 1.86 bits per heavy atom. The smallest absolute Gasteiger partial charge is 0.0449 e. The van der Waals surface area contributed by atoms with Crippen molar-refractivity contribution in [1.82, 2.24) is 5.32 Å². The second-order valence-corrected chi connectivity index (χ2v) is 7.12. The topological polar surface area (TPSA) is 12.0 Å². The summed E-state index contributed by atoms with van der Waals surface area (Å²) in [5, 5.41) is 4.55. The fourth-order valence-corrected chi connectivity index (χ4v) is 3.32. The molecule has 1 unspecified atom stereocenters. The monoisotopic (exact) mass is 373 g/mol. The van der Waals surface area contributed by atoms with Gasteiger partial charge in [0.2, 0.25) is 0 Å². The van der Waals surface area contributed by atoms with Gasteiger partial charge in [0.15, 0.2) is 0 Å². The minimum Gasteiger partial charge on any atom is -0.314 e. The van der Waals surface area contributed by atoms with Crippen LogP contribution < -0.4 is 5.32 Å². The molecule has 1 nitrogen and oxygen atoms in total. The number of unbranched alkanes of at least 4 members (excludes halogenated alkanes) is 4. The summed E-state index contributed by atoms with van der Waals surface area (Å²) < 4.78 is 1.05. The van der Waals surface area contributed by atoms with E-state index in [4.69, 9.17) is 11.6 Å². The van der Waals surface area contributed by atoms with E-state index in [1.54, 1.807) is 0 Å². The third-order valence-electron chi connectivity index (χ3n) is 3.82. The molecule has 0 saturated heterocycles. The van der Waals surface area contributed by atoms with Gasteiger partial charge in [0.05, 0.1) is 0 Å². The lowest BCUT2D eigenvalue weighted by molar-refractivity contribution is 0.451. The molecule has 1 aromatic carbocycles. The average molecular weight is 375 g/mol. The van der Waals surface area contributed by atoms with Crippen LogP contribution in [0.2, 0.25) is 5.02 Å². The van der Waals surface area contributed by atoms with Crippen molar-refractivity contribution in [3.63, 3.8) is 0 Å². The van der Waals surface area contributed by atoms with Crippen LogP contribution >= 0.6 is 27.5 Å². The van der Waals surface area contributed by atoms with Crippen molar-refractivity contribution in [2.45, 2.75) is 71.3 Å². The van der Waals surface area contributed by atoms with Gasteiger partial charge >= 0.3 is 0 Å². The van der Waals surface area contributed by atoms with Crippen molar-refractivity contribution in [1.29, 1.82) is 0 Å². The molecule has 0 aliphatic carbocycles. The molecule has 0 spiro atoms. The summed E-state index contributed by atoms with van der Waals surface area (Å²) in [7, 11) is 0. The lowest BCUT2D eigenvalue weighted by Crippen LogP contribution is -2.31. The Morgan fingerprint density at radius 3 is 2.52 bits per heavy atom. The minimum absolute atomic E-state index is 0.547. The Labute approximate surface area is 144 Å². The van der Waals surface area contributed by atoms with Gasteiger partial charge in [-0.1, -0.05) is 79.5 Å². The van der Waals surface area contributed by atoms with Crippen molar-refractivity contribution < 1.29 is 0 Å². The van der Waals surface area contributed by atoms with Crippen LogP contribution in [0.3, 0.4) is 0 Å². The first-order chi connectivity index (χ1) is 10.2. The second kappa shape index (κ2) is 11.5. The van der Waals surface area contributed by atoms with E-state index >= 15 is 0 Å². The number of benzene rings is 1. The van der Waals surface area contributed by atoms with Gasteiger partial charge in [-0.25, -0.2) is 0 Å².